The van der Waals surface area contributed by atoms with Crippen LogP contribution >= 0.6 is 0 Å². The Kier molecular flexibility index (Phi) is 2.06. The minimum atomic E-state index is 0.375. The maximum absolute atomic E-state index is 8.19. The molecule has 0 amide bonds. The van der Waals surface area contributed by atoms with Crippen molar-refractivity contribution in [2.24, 2.45) is 5.11 Å². The van der Waals surface area contributed by atoms with Crippen LogP contribution in [0.3, 0.4) is 0 Å². The SMILES string of the molecule is [N-]=[N+]=NCc1cccc2c1OCC2. The zero-order valence-electron chi connectivity index (χ0n) is 7.10. The van der Waals surface area contributed by atoms with Gasteiger partial charge in [0.2, 0.25) is 0 Å². The van der Waals surface area contributed by atoms with Crippen molar-refractivity contribution in [3.8, 4) is 5.75 Å². The number of benzene rings is 1. The first-order valence-corrected chi connectivity index (χ1v) is 4.16. The predicted octanol–water partition coefficient (Wildman–Crippen LogP) is 2.43. The summed E-state index contributed by atoms with van der Waals surface area (Å²) in [5.74, 6) is 0.912. The van der Waals surface area contributed by atoms with E-state index in [-0.39, 0.29) is 0 Å². The van der Waals surface area contributed by atoms with Crippen molar-refractivity contribution in [3.05, 3.63) is 39.8 Å². The Bertz CT molecular complexity index is 369. The predicted molar refractivity (Wildman–Crippen MR) is 48.5 cm³/mol. The van der Waals surface area contributed by atoms with Gasteiger partial charge in [-0.15, -0.1) is 0 Å². The van der Waals surface area contributed by atoms with Crippen LogP contribution < -0.4 is 4.74 Å². The molecule has 0 radical (unpaired) electrons. The summed E-state index contributed by atoms with van der Waals surface area (Å²) in [4.78, 5) is 2.73. The number of para-hydroxylation sites is 1. The minimum Gasteiger partial charge on any atom is -0.493 e. The molecule has 13 heavy (non-hydrogen) atoms. The van der Waals surface area contributed by atoms with E-state index in [1.807, 2.05) is 18.2 Å². The summed E-state index contributed by atoms with van der Waals surface area (Å²) in [6.07, 6.45) is 0.958. The van der Waals surface area contributed by atoms with Gasteiger partial charge in [-0.05, 0) is 11.1 Å². The topological polar surface area (TPSA) is 58.0 Å². The van der Waals surface area contributed by atoms with Crippen molar-refractivity contribution >= 4 is 0 Å². The molecule has 0 fully saturated rings. The molecule has 0 spiro atoms. The normalized spacial score (nSPS) is 12.9. The van der Waals surface area contributed by atoms with Gasteiger partial charge in [0.1, 0.15) is 5.75 Å². The Morgan fingerprint density at radius 1 is 1.54 bits per heavy atom. The molecule has 1 aromatic carbocycles. The number of ether oxygens (including phenoxy) is 1. The van der Waals surface area contributed by atoms with E-state index in [9.17, 15) is 0 Å². The molecule has 1 aromatic rings. The van der Waals surface area contributed by atoms with Crippen molar-refractivity contribution in [3.63, 3.8) is 0 Å². The first kappa shape index (κ1) is 7.95. The lowest BCUT2D eigenvalue weighted by molar-refractivity contribution is 0.353. The summed E-state index contributed by atoms with van der Waals surface area (Å²) in [6.45, 7) is 1.11. The van der Waals surface area contributed by atoms with Crippen LogP contribution in [0.1, 0.15) is 11.1 Å². The van der Waals surface area contributed by atoms with Crippen LogP contribution in [-0.2, 0) is 13.0 Å². The Morgan fingerprint density at radius 3 is 3.31 bits per heavy atom. The second-order valence-corrected chi connectivity index (χ2v) is 2.89. The van der Waals surface area contributed by atoms with E-state index >= 15 is 0 Å². The highest BCUT2D eigenvalue weighted by molar-refractivity contribution is 5.43. The molecule has 4 heteroatoms. The highest BCUT2D eigenvalue weighted by Crippen LogP contribution is 2.29. The number of fused-ring (bicyclic) bond motifs is 1. The number of hydrogen-bond donors (Lipinski definition) is 0. The Balaban J connectivity index is 2.35. The Morgan fingerprint density at radius 2 is 2.46 bits per heavy atom. The second kappa shape index (κ2) is 3.37. The number of rotatable bonds is 2. The van der Waals surface area contributed by atoms with Gasteiger partial charge < -0.3 is 4.74 Å². The van der Waals surface area contributed by atoms with Crippen molar-refractivity contribution in [1.82, 2.24) is 0 Å². The van der Waals surface area contributed by atoms with Gasteiger partial charge in [0, 0.05) is 16.9 Å². The van der Waals surface area contributed by atoms with E-state index in [2.05, 4.69) is 10.0 Å². The smallest absolute Gasteiger partial charge is 0.125 e. The molecule has 0 bridgehead atoms. The molecule has 0 saturated carbocycles. The molecule has 2 rings (SSSR count). The molecule has 1 aliphatic rings. The number of azide groups is 1. The number of hydrogen-bond acceptors (Lipinski definition) is 2. The molecule has 0 atom stereocenters. The van der Waals surface area contributed by atoms with E-state index in [4.69, 9.17) is 10.3 Å². The summed E-state index contributed by atoms with van der Waals surface area (Å²) < 4.78 is 5.44. The maximum atomic E-state index is 8.19. The third-order valence-electron chi connectivity index (χ3n) is 2.10. The van der Waals surface area contributed by atoms with E-state index in [1.54, 1.807) is 0 Å². The zero-order valence-corrected chi connectivity index (χ0v) is 7.10. The van der Waals surface area contributed by atoms with Crippen molar-refractivity contribution in [1.29, 1.82) is 0 Å². The van der Waals surface area contributed by atoms with Crippen LogP contribution in [0.4, 0.5) is 0 Å². The van der Waals surface area contributed by atoms with Crippen LogP contribution in [0.25, 0.3) is 10.4 Å². The van der Waals surface area contributed by atoms with Crippen LogP contribution in [0.5, 0.6) is 5.75 Å². The van der Waals surface area contributed by atoms with Crippen molar-refractivity contribution in [2.75, 3.05) is 6.61 Å². The Labute approximate surface area is 75.8 Å². The van der Waals surface area contributed by atoms with Gasteiger partial charge in [0.25, 0.3) is 0 Å². The van der Waals surface area contributed by atoms with Crippen LogP contribution in [0.15, 0.2) is 23.3 Å². The highest BCUT2D eigenvalue weighted by Gasteiger charge is 2.14. The fraction of sp³-hybridized carbons (Fsp3) is 0.333. The van der Waals surface area contributed by atoms with E-state index in [0.717, 1.165) is 24.3 Å². The summed E-state index contributed by atoms with van der Waals surface area (Å²) in [5, 5.41) is 3.52. The van der Waals surface area contributed by atoms with Gasteiger partial charge in [-0.2, -0.15) is 0 Å². The van der Waals surface area contributed by atoms with Crippen molar-refractivity contribution < 1.29 is 4.74 Å². The van der Waals surface area contributed by atoms with Crippen LogP contribution in [-0.4, -0.2) is 6.61 Å². The fourth-order valence-electron chi connectivity index (χ4n) is 1.52. The van der Waals surface area contributed by atoms with Gasteiger partial charge in [0.05, 0.1) is 13.2 Å². The summed E-state index contributed by atoms with van der Waals surface area (Å²) in [6, 6.07) is 5.94. The van der Waals surface area contributed by atoms with Crippen LogP contribution in [0, 0.1) is 0 Å². The molecule has 0 aromatic heterocycles. The summed E-state index contributed by atoms with van der Waals surface area (Å²) in [7, 11) is 0. The minimum absolute atomic E-state index is 0.375. The standard InChI is InChI=1S/C9H9N3O/c10-12-11-6-8-3-1-2-7-4-5-13-9(7)8/h1-3H,4-6H2. The van der Waals surface area contributed by atoms with E-state index in [0.29, 0.717) is 6.54 Å². The van der Waals surface area contributed by atoms with Gasteiger partial charge >= 0.3 is 0 Å². The summed E-state index contributed by atoms with van der Waals surface area (Å²) >= 11 is 0. The first-order valence-electron chi connectivity index (χ1n) is 4.16. The quantitative estimate of drug-likeness (QED) is 0.387. The highest BCUT2D eigenvalue weighted by atomic mass is 16.5. The maximum Gasteiger partial charge on any atom is 0.125 e. The molecule has 66 valence electrons. The lowest BCUT2D eigenvalue weighted by atomic mass is 10.1. The first-order chi connectivity index (χ1) is 6.42. The van der Waals surface area contributed by atoms with Crippen molar-refractivity contribution in [2.45, 2.75) is 13.0 Å². The third-order valence-corrected chi connectivity index (χ3v) is 2.10. The lowest BCUT2D eigenvalue weighted by Crippen LogP contribution is -1.90. The van der Waals surface area contributed by atoms with E-state index in [1.165, 1.54) is 5.56 Å². The molecule has 0 unspecified atom stereocenters. The van der Waals surface area contributed by atoms with Gasteiger partial charge in [-0.1, -0.05) is 23.3 Å². The fourth-order valence-corrected chi connectivity index (χ4v) is 1.52. The average molecular weight is 175 g/mol. The monoisotopic (exact) mass is 175 g/mol. The molecule has 1 aliphatic heterocycles. The van der Waals surface area contributed by atoms with Gasteiger partial charge in [0.15, 0.2) is 0 Å². The molecular formula is C9H9N3O. The second-order valence-electron chi connectivity index (χ2n) is 2.89. The Hall–Kier alpha value is -1.67. The molecule has 4 nitrogen and oxygen atoms in total. The van der Waals surface area contributed by atoms with Gasteiger partial charge in [-0.25, -0.2) is 0 Å². The van der Waals surface area contributed by atoms with E-state index < -0.39 is 0 Å². The molecule has 1 heterocycles. The summed E-state index contributed by atoms with van der Waals surface area (Å²) in [5.41, 5.74) is 10.4. The van der Waals surface area contributed by atoms with Crippen LogP contribution in [0.2, 0.25) is 0 Å². The lowest BCUT2D eigenvalue weighted by Gasteiger charge is -2.03. The zero-order chi connectivity index (χ0) is 9.10. The molecule has 0 aliphatic carbocycles. The largest absolute Gasteiger partial charge is 0.493 e. The molecular weight excluding hydrogens is 166 g/mol. The molecule has 0 saturated heterocycles. The molecule has 0 N–H and O–H groups in total. The number of nitrogens with zero attached hydrogens (tertiary/aromatic N) is 3. The third kappa shape index (κ3) is 1.44. The average Bonchev–Trinajstić information content (AvgIpc) is 2.62. The van der Waals surface area contributed by atoms with Gasteiger partial charge in [-0.3, -0.25) is 0 Å².